The van der Waals surface area contributed by atoms with E-state index in [9.17, 15) is 14.7 Å². The molecule has 0 saturated carbocycles. The van der Waals surface area contributed by atoms with Crippen molar-refractivity contribution in [3.05, 3.63) is 70.3 Å². The van der Waals surface area contributed by atoms with E-state index in [1.165, 1.54) is 0 Å². The van der Waals surface area contributed by atoms with Crippen LogP contribution in [-0.4, -0.2) is 60.9 Å². The Kier molecular flexibility index (Phi) is 6.81. The Balaban J connectivity index is 2.15. The summed E-state index contributed by atoms with van der Waals surface area (Å²) < 4.78 is 5.36. The number of aryl methyl sites for hydroxylation is 2. The fraction of sp³-hybridized carbons (Fsp3) is 0.360. The van der Waals surface area contributed by atoms with Crippen LogP contribution in [0.25, 0.3) is 5.76 Å². The van der Waals surface area contributed by atoms with Crippen molar-refractivity contribution >= 4 is 17.4 Å². The third-order valence-electron chi connectivity index (χ3n) is 5.60. The fourth-order valence-electron chi connectivity index (χ4n) is 3.96. The van der Waals surface area contributed by atoms with Crippen molar-refractivity contribution in [1.29, 1.82) is 0 Å². The molecule has 1 N–H and O–H groups in total. The SMILES string of the molecule is COc1cccc(C2/C(=C(\O)c3cc(C)ccc3C)C(=O)C(=O)N2CCCN(C)C)c1. The van der Waals surface area contributed by atoms with Crippen LogP contribution >= 0.6 is 0 Å². The number of aliphatic hydroxyl groups excluding tert-OH is 1. The highest BCUT2D eigenvalue weighted by Crippen LogP contribution is 2.40. The predicted octanol–water partition coefficient (Wildman–Crippen LogP) is 3.69. The molecule has 2 aromatic carbocycles. The van der Waals surface area contributed by atoms with Gasteiger partial charge in [-0.25, -0.2) is 0 Å². The van der Waals surface area contributed by atoms with Crippen LogP contribution < -0.4 is 4.74 Å². The van der Waals surface area contributed by atoms with Gasteiger partial charge in [0.15, 0.2) is 0 Å². The molecule has 6 heteroatoms. The summed E-state index contributed by atoms with van der Waals surface area (Å²) >= 11 is 0. The third-order valence-corrected chi connectivity index (χ3v) is 5.60. The highest BCUT2D eigenvalue weighted by Gasteiger charge is 2.46. The van der Waals surface area contributed by atoms with Crippen LogP contribution in [0.5, 0.6) is 5.75 Å². The molecule has 3 rings (SSSR count). The lowest BCUT2D eigenvalue weighted by atomic mass is 9.93. The smallest absolute Gasteiger partial charge is 0.295 e. The molecule has 0 radical (unpaired) electrons. The summed E-state index contributed by atoms with van der Waals surface area (Å²) in [6, 6.07) is 12.3. The Hall–Kier alpha value is -3.12. The molecule has 1 saturated heterocycles. The van der Waals surface area contributed by atoms with E-state index < -0.39 is 17.7 Å². The van der Waals surface area contributed by atoms with Gasteiger partial charge in [-0.05, 0) is 70.2 Å². The maximum absolute atomic E-state index is 13.1. The van der Waals surface area contributed by atoms with Crippen molar-refractivity contribution in [2.45, 2.75) is 26.3 Å². The summed E-state index contributed by atoms with van der Waals surface area (Å²) in [5.41, 5.74) is 3.22. The molecular formula is C25H30N2O4. The molecule has 6 nitrogen and oxygen atoms in total. The number of carbonyl (C=O) groups is 2. The van der Waals surface area contributed by atoms with E-state index in [0.717, 1.165) is 23.2 Å². The van der Waals surface area contributed by atoms with Gasteiger partial charge in [0.2, 0.25) is 0 Å². The summed E-state index contributed by atoms with van der Waals surface area (Å²) in [6.07, 6.45) is 0.712. The van der Waals surface area contributed by atoms with Crippen molar-refractivity contribution in [1.82, 2.24) is 9.80 Å². The summed E-state index contributed by atoms with van der Waals surface area (Å²) in [5.74, 6) is -0.750. The molecule has 0 aliphatic carbocycles. The van der Waals surface area contributed by atoms with E-state index in [4.69, 9.17) is 4.74 Å². The predicted molar refractivity (Wildman–Crippen MR) is 121 cm³/mol. The van der Waals surface area contributed by atoms with Gasteiger partial charge in [0.05, 0.1) is 18.7 Å². The zero-order chi connectivity index (χ0) is 22.7. The van der Waals surface area contributed by atoms with Crippen LogP contribution in [0.3, 0.4) is 0 Å². The first-order valence-electron chi connectivity index (χ1n) is 10.4. The van der Waals surface area contributed by atoms with Gasteiger partial charge in [0.25, 0.3) is 11.7 Å². The van der Waals surface area contributed by atoms with Crippen LogP contribution in [0.1, 0.15) is 34.7 Å². The second-order valence-electron chi connectivity index (χ2n) is 8.24. The van der Waals surface area contributed by atoms with Crippen molar-refractivity contribution in [3.8, 4) is 5.75 Å². The average molecular weight is 423 g/mol. The molecule has 1 amide bonds. The van der Waals surface area contributed by atoms with Crippen LogP contribution in [0, 0.1) is 13.8 Å². The standard InChI is InChI=1S/C25H30N2O4/c1-16-10-11-17(2)20(14-16)23(28)21-22(18-8-6-9-19(15-18)31-5)27(25(30)24(21)29)13-7-12-26(3)4/h6,8-11,14-15,22,28H,7,12-13H2,1-5H3/b23-21+. The summed E-state index contributed by atoms with van der Waals surface area (Å²) in [4.78, 5) is 29.7. The maximum atomic E-state index is 13.1. The Morgan fingerprint density at radius 3 is 2.55 bits per heavy atom. The summed E-state index contributed by atoms with van der Waals surface area (Å²) in [5, 5.41) is 11.2. The molecule has 1 aliphatic rings. The number of hydrogen-bond donors (Lipinski definition) is 1. The van der Waals surface area contributed by atoms with E-state index in [-0.39, 0.29) is 11.3 Å². The molecule has 0 bridgehead atoms. The lowest BCUT2D eigenvalue weighted by molar-refractivity contribution is -0.139. The van der Waals surface area contributed by atoms with E-state index in [1.807, 2.05) is 75.3 Å². The van der Waals surface area contributed by atoms with Gasteiger partial charge in [0.1, 0.15) is 11.5 Å². The molecule has 1 unspecified atom stereocenters. The van der Waals surface area contributed by atoms with Crippen LogP contribution in [0.2, 0.25) is 0 Å². The number of likely N-dealkylation sites (tertiary alicyclic amines) is 1. The number of ether oxygens (including phenoxy) is 1. The highest BCUT2D eigenvalue weighted by atomic mass is 16.5. The molecule has 0 aromatic heterocycles. The highest BCUT2D eigenvalue weighted by molar-refractivity contribution is 6.46. The largest absolute Gasteiger partial charge is 0.507 e. The number of hydrogen-bond acceptors (Lipinski definition) is 5. The molecule has 0 spiro atoms. The van der Waals surface area contributed by atoms with Gasteiger partial charge in [-0.15, -0.1) is 0 Å². The van der Waals surface area contributed by atoms with Crippen molar-refractivity contribution in [2.24, 2.45) is 0 Å². The second kappa shape index (κ2) is 9.35. The molecule has 1 aliphatic heterocycles. The lowest BCUT2D eigenvalue weighted by Gasteiger charge is -2.26. The molecule has 31 heavy (non-hydrogen) atoms. The van der Waals surface area contributed by atoms with E-state index in [2.05, 4.69) is 0 Å². The third kappa shape index (κ3) is 4.64. The van der Waals surface area contributed by atoms with Gasteiger partial charge >= 0.3 is 0 Å². The summed E-state index contributed by atoms with van der Waals surface area (Å²) in [7, 11) is 5.51. The number of methoxy groups -OCH3 is 1. The zero-order valence-corrected chi connectivity index (χ0v) is 18.8. The fourth-order valence-corrected chi connectivity index (χ4v) is 3.96. The van der Waals surface area contributed by atoms with Crippen molar-refractivity contribution in [2.75, 3.05) is 34.3 Å². The number of rotatable bonds is 7. The van der Waals surface area contributed by atoms with Crippen LogP contribution in [0.15, 0.2) is 48.0 Å². The van der Waals surface area contributed by atoms with E-state index in [1.54, 1.807) is 12.0 Å². The zero-order valence-electron chi connectivity index (χ0n) is 18.8. The van der Waals surface area contributed by atoms with Crippen LogP contribution in [0.4, 0.5) is 0 Å². The molecule has 1 fully saturated rings. The van der Waals surface area contributed by atoms with Gasteiger partial charge in [-0.3, -0.25) is 9.59 Å². The van der Waals surface area contributed by atoms with Crippen molar-refractivity contribution in [3.63, 3.8) is 0 Å². The van der Waals surface area contributed by atoms with Gasteiger partial charge in [0, 0.05) is 12.1 Å². The Morgan fingerprint density at radius 1 is 1.13 bits per heavy atom. The Labute approximate surface area is 183 Å². The number of aliphatic hydroxyl groups is 1. The molecule has 164 valence electrons. The average Bonchev–Trinajstić information content (AvgIpc) is 2.99. The van der Waals surface area contributed by atoms with Gasteiger partial charge in [-0.2, -0.15) is 0 Å². The number of nitrogens with zero attached hydrogens (tertiary/aromatic N) is 2. The molecule has 1 heterocycles. The molecule has 2 aromatic rings. The Bertz CT molecular complexity index is 1030. The normalized spacial score (nSPS) is 18.1. The number of amides is 1. The quantitative estimate of drug-likeness (QED) is 0.419. The molecular weight excluding hydrogens is 392 g/mol. The first kappa shape index (κ1) is 22.6. The number of benzene rings is 2. The Morgan fingerprint density at radius 2 is 1.87 bits per heavy atom. The minimum Gasteiger partial charge on any atom is -0.507 e. The van der Waals surface area contributed by atoms with Crippen LogP contribution in [-0.2, 0) is 9.59 Å². The first-order chi connectivity index (χ1) is 14.7. The van der Waals surface area contributed by atoms with E-state index >= 15 is 0 Å². The second-order valence-corrected chi connectivity index (χ2v) is 8.24. The minimum atomic E-state index is -0.669. The van der Waals surface area contributed by atoms with Gasteiger partial charge in [-0.1, -0.05) is 29.8 Å². The minimum absolute atomic E-state index is 0.122. The summed E-state index contributed by atoms with van der Waals surface area (Å²) in [6.45, 7) is 5.00. The topological polar surface area (TPSA) is 70.1 Å². The number of ketones is 1. The monoisotopic (exact) mass is 422 g/mol. The first-order valence-corrected chi connectivity index (χ1v) is 10.4. The van der Waals surface area contributed by atoms with Gasteiger partial charge < -0.3 is 19.6 Å². The lowest BCUT2D eigenvalue weighted by Crippen LogP contribution is -2.32. The van der Waals surface area contributed by atoms with Crippen molar-refractivity contribution < 1.29 is 19.4 Å². The number of Topliss-reactive ketones (excluding diaryl/α,β-unsaturated/α-hetero) is 1. The maximum Gasteiger partial charge on any atom is 0.295 e. The molecule has 1 atom stereocenters. The van der Waals surface area contributed by atoms with E-state index in [0.29, 0.717) is 24.3 Å². The number of carbonyl (C=O) groups excluding carboxylic acids is 2.